The maximum absolute atomic E-state index is 14.5. The van der Waals surface area contributed by atoms with Gasteiger partial charge in [0, 0.05) is 44.5 Å². The molecular weight excluding hydrogens is 446 g/mol. The summed E-state index contributed by atoms with van der Waals surface area (Å²) in [6.07, 6.45) is 5.21. The fraction of sp³-hybridized carbons (Fsp3) is 0.364. The zero-order chi connectivity index (χ0) is 22.4. The third-order valence-electron chi connectivity index (χ3n) is 6.25. The minimum Gasteiger partial charge on any atom is -0.349 e. The van der Waals surface area contributed by atoms with E-state index >= 15 is 0 Å². The van der Waals surface area contributed by atoms with Crippen LogP contribution in [0.5, 0.6) is 0 Å². The lowest BCUT2D eigenvalue weighted by atomic mass is 10.0. The normalized spacial score (nSPS) is 19.0. The molecule has 170 valence electrons. The van der Waals surface area contributed by atoms with Crippen molar-refractivity contribution in [1.82, 2.24) is 30.1 Å². The van der Waals surface area contributed by atoms with E-state index in [4.69, 9.17) is 4.98 Å². The SMILES string of the molecule is Fc1ccc(F)c(C2CCCN2c2ccn3ncc(-c4nnc(N5CCNCC5)s4)c3n2)c1. The summed E-state index contributed by atoms with van der Waals surface area (Å²) in [6, 6.07) is 5.24. The van der Waals surface area contributed by atoms with Gasteiger partial charge in [-0.25, -0.2) is 18.3 Å². The Morgan fingerprint density at radius 3 is 2.82 bits per heavy atom. The number of hydrogen-bond acceptors (Lipinski definition) is 8. The highest BCUT2D eigenvalue weighted by Gasteiger charge is 2.30. The molecule has 1 aromatic carbocycles. The molecule has 0 aliphatic carbocycles. The highest BCUT2D eigenvalue weighted by Crippen LogP contribution is 2.38. The van der Waals surface area contributed by atoms with Gasteiger partial charge in [-0.15, -0.1) is 10.2 Å². The zero-order valence-corrected chi connectivity index (χ0v) is 18.6. The second-order valence-electron chi connectivity index (χ2n) is 8.26. The quantitative estimate of drug-likeness (QED) is 0.493. The van der Waals surface area contributed by atoms with Gasteiger partial charge in [-0.05, 0) is 37.1 Å². The summed E-state index contributed by atoms with van der Waals surface area (Å²) in [7, 11) is 0. The third kappa shape index (κ3) is 3.70. The number of hydrogen-bond donors (Lipinski definition) is 1. The van der Waals surface area contributed by atoms with Crippen LogP contribution in [0.3, 0.4) is 0 Å². The number of halogens is 2. The van der Waals surface area contributed by atoms with Crippen LogP contribution in [0.2, 0.25) is 0 Å². The lowest BCUT2D eigenvalue weighted by molar-refractivity contribution is 0.560. The lowest BCUT2D eigenvalue weighted by Crippen LogP contribution is -2.43. The summed E-state index contributed by atoms with van der Waals surface area (Å²) < 4.78 is 30.1. The number of nitrogens with zero attached hydrogens (tertiary/aromatic N) is 7. The van der Waals surface area contributed by atoms with E-state index in [1.165, 1.54) is 23.5 Å². The zero-order valence-electron chi connectivity index (χ0n) is 17.8. The first-order chi connectivity index (χ1) is 16.2. The minimum atomic E-state index is -0.434. The van der Waals surface area contributed by atoms with E-state index in [1.807, 2.05) is 17.2 Å². The molecule has 33 heavy (non-hydrogen) atoms. The monoisotopic (exact) mass is 468 g/mol. The fourth-order valence-corrected chi connectivity index (χ4v) is 5.51. The summed E-state index contributed by atoms with van der Waals surface area (Å²) in [5.74, 6) is -0.118. The molecule has 2 saturated heterocycles. The van der Waals surface area contributed by atoms with Gasteiger partial charge >= 0.3 is 0 Å². The van der Waals surface area contributed by atoms with Crippen LogP contribution < -0.4 is 15.1 Å². The molecule has 8 nitrogen and oxygen atoms in total. The predicted molar refractivity (Wildman–Crippen MR) is 123 cm³/mol. The number of aromatic nitrogens is 5. The third-order valence-corrected chi connectivity index (χ3v) is 7.27. The number of piperazine rings is 1. The number of benzene rings is 1. The summed E-state index contributed by atoms with van der Waals surface area (Å²) in [5.41, 5.74) is 1.84. The van der Waals surface area contributed by atoms with Gasteiger partial charge in [0.2, 0.25) is 5.13 Å². The van der Waals surface area contributed by atoms with E-state index in [2.05, 4.69) is 25.5 Å². The number of anilines is 2. The van der Waals surface area contributed by atoms with E-state index in [9.17, 15) is 8.78 Å². The van der Waals surface area contributed by atoms with Crippen molar-refractivity contribution in [3.8, 4) is 10.6 Å². The van der Waals surface area contributed by atoms with Crippen molar-refractivity contribution in [3.63, 3.8) is 0 Å². The predicted octanol–water partition coefficient (Wildman–Crippen LogP) is 3.28. The minimum absolute atomic E-state index is 0.261. The number of rotatable bonds is 4. The molecule has 1 atom stereocenters. The van der Waals surface area contributed by atoms with Gasteiger partial charge < -0.3 is 15.1 Å². The summed E-state index contributed by atoms with van der Waals surface area (Å²) in [5, 5.41) is 18.2. The Bertz CT molecular complexity index is 1300. The van der Waals surface area contributed by atoms with Crippen LogP contribution in [-0.2, 0) is 0 Å². The Balaban J connectivity index is 1.34. The van der Waals surface area contributed by atoms with E-state index in [1.54, 1.807) is 10.7 Å². The smallest absolute Gasteiger partial charge is 0.208 e. The first-order valence-electron chi connectivity index (χ1n) is 11.0. The van der Waals surface area contributed by atoms with Crippen molar-refractivity contribution >= 4 is 27.9 Å². The van der Waals surface area contributed by atoms with E-state index < -0.39 is 11.6 Å². The lowest BCUT2D eigenvalue weighted by Gasteiger charge is -2.26. The van der Waals surface area contributed by atoms with Crippen LogP contribution >= 0.6 is 11.3 Å². The van der Waals surface area contributed by atoms with Crippen molar-refractivity contribution < 1.29 is 8.78 Å². The van der Waals surface area contributed by atoms with Gasteiger partial charge in [0.15, 0.2) is 10.7 Å². The first-order valence-corrected chi connectivity index (χ1v) is 11.8. The molecule has 2 fully saturated rings. The van der Waals surface area contributed by atoms with Gasteiger partial charge in [0.1, 0.15) is 17.5 Å². The molecule has 0 bridgehead atoms. The van der Waals surface area contributed by atoms with Crippen LogP contribution in [0.15, 0.2) is 36.7 Å². The molecule has 0 saturated carbocycles. The molecule has 3 aromatic heterocycles. The molecule has 1 N–H and O–H groups in total. The standard InChI is InChI=1S/C22H22F2N8S/c23-14-3-4-17(24)15(12-14)18-2-1-8-31(18)19-5-9-32-20(27-19)16(13-26-32)21-28-29-22(33-21)30-10-6-25-7-11-30/h3-5,9,12-13,18,25H,1-2,6-8,10-11H2. The summed E-state index contributed by atoms with van der Waals surface area (Å²) in [4.78, 5) is 9.14. The molecule has 2 aliphatic rings. The van der Waals surface area contributed by atoms with Crippen molar-refractivity contribution in [2.45, 2.75) is 18.9 Å². The Hall–Kier alpha value is -3.18. The van der Waals surface area contributed by atoms with Crippen LogP contribution in [0.25, 0.3) is 16.2 Å². The van der Waals surface area contributed by atoms with Crippen LogP contribution in [-0.4, -0.2) is 57.5 Å². The Morgan fingerprint density at radius 2 is 1.94 bits per heavy atom. The van der Waals surface area contributed by atoms with E-state index in [-0.39, 0.29) is 6.04 Å². The van der Waals surface area contributed by atoms with Gasteiger partial charge in [-0.1, -0.05) is 11.3 Å². The molecule has 5 heterocycles. The summed E-state index contributed by atoms with van der Waals surface area (Å²) in [6.45, 7) is 4.38. The van der Waals surface area contributed by atoms with Crippen molar-refractivity contribution in [2.24, 2.45) is 0 Å². The molecule has 0 amide bonds. The first kappa shape index (κ1) is 20.4. The van der Waals surface area contributed by atoms with Crippen LogP contribution in [0.4, 0.5) is 19.7 Å². The highest BCUT2D eigenvalue weighted by molar-refractivity contribution is 7.18. The maximum atomic E-state index is 14.5. The van der Waals surface area contributed by atoms with Gasteiger partial charge in [0.25, 0.3) is 0 Å². The highest BCUT2D eigenvalue weighted by atomic mass is 32.1. The van der Waals surface area contributed by atoms with Crippen LogP contribution in [0.1, 0.15) is 24.4 Å². The largest absolute Gasteiger partial charge is 0.349 e. The van der Waals surface area contributed by atoms with Crippen molar-refractivity contribution in [1.29, 1.82) is 0 Å². The number of nitrogens with one attached hydrogen (secondary N) is 1. The fourth-order valence-electron chi connectivity index (χ4n) is 4.61. The Kier molecular flexibility index (Phi) is 5.14. The van der Waals surface area contributed by atoms with Gasteiger partial charge in [-0.2, -0.15) is 5.10 Å². The second kappa shape index (κ2) is 8.31. The molecule has 4 aromatic rings. The van der Waals surface area contributed by atoms with Crippen LogP contribution in [0, 0.1) is 11.6 Å². The maximum Gasteiger partial charge on any atom is 0.208 e. The van der Waals surface area contributed by atoms with E-state index in [0.29, 0.717) is 17.0 Å². The molecule has 2 aliphatic heterocycles. The average molecular weight is 469 g/mol. The van der Waals surface area contributed by atoms with E-state index in [0.717, 1.165) is 67.3 Å². The molecule has 0 spiro atoms. The van der Waals surface area contributed by atoms with Crippen molar-refractivity contribution in [3.05, 3.63) is 53.9 Å². The van der Waals surface area contributed by atoms with Crippen molar-refractivity contribution in [2.75, 3.05) is 42.5 Å². The molecule has 0 radical (unpaired) electrons. The molecule has 6 rings (SSSR count). The van der Waals surface area contributed by atoms with Gasteiger partial charge in [-0.3, -0.25) is 0 Å². The topological polar surface area (TPSA) is 74.5 Å². The Labute approximate surface area is 192 Å². The molecule has 11 heteroatoms. The Morgan fingerprint density at radius 1 is 1.06 bits per heavy atom. The molecule has 1 unspecified atom stereocenters. The average Bonchev–Trinajstić information content (AvgIpc) is 3.60. The second-order valence-corrected chi connectivity index (χ2v) is 9.21. The van der Waals surface area contributed by atoms with Gasteiger partial charge in [0.05, 0.1) is 17.8 Å². The molecular formula is C22H22F2N8S. The number of fused-ring (bicyclic) bond motifs is 1. The summed E-state index contributed by atoms with van der Waals surface area (Å²) >= 11 is 1.53.